The molecule has 0 aliphatic carbocycles. The number of aromatic amines is 1. The number of ether oxygens (including phenoxy) is 1. The number of nitrogens with zero attached hydrogens (tertiary/aromatic N) is 1. The molecule has 1 N–H and O–H groups in total. The van der Waals surface area contributed by atoms with E-state index in [-0.39, 0.29) is 29.6 Å². The van der Waals surface area contributed by atoms with E-state index >= 15 is 0 Å². The average Bonchev–Trinajstić information content (AvgIpc) is 3.22. The van der Waals surface area contributed by atoms with E-state index in [1.165, 1.54) is 4.31 Å². The first-order valence-corrected chi connectivity index (χ1v) is 11.2. The summed E-state index contributed by atoms with van der Waals surface area (Å²) in [5.74, 6) is 0. The average molecular weight is 413 g/mol. The molecule has 0 radical (unpaired) electrons. The van der Waals surface area contributed by atoms with Gasteiger partial charge in [-0.3, -0.25) is 4.79 Å². The van der Waals surface area contributed by atoms with Crippen molar-refractivity contribution < 1.29 is 13.2 Å². The van der Waals surface area contributed by atoms with Gasteiger partial charge in [0.1, 0.15) is 0 Å². The van der Waals surface area contributed by atoms with E-state index < -0.39 is 10.0 Å². The molecule has 7 heteroatoms. The van der Waals surface area contributed by atoms with Gasteiger partial charge in [-0.15, -0.1) is 0 Å². The van der Waals surface area contributed by atoms with Crippen molar-refractivity contribution in [1.82, 2.24) is 9.29 Å². The predicted molar refractivity (Wildman–Crippen MR) is 112 cm³/mol. The molecule has 1 aromatic heterocycles. The van der Waals surface area contributed by atoms with Crippen LogP contribution in [0, 0.1) is 6.92 Å². The van der Waals surface area contributed by atoms with Crippen LogP contribution in [-0.2, 0) is 21.3 Å². The Labute approximate surface area is 170 Å². The quantitative estimate of drug-likeness (QED) is 0.674. The van der Waals surface area contributed by atoms with Crippen LogP contribution in [0.25, 0.3) is 10.9 Å². The predicted octanol–water partition coefficient (Wildman–Crippen LogP) is 3.21. The van der Waals surface area contributed by atoms with Crippen molar-refractivity contribution in [3.63, 3.8) is 0 Å². The van der Waals surface area contributed by atoms with Crippen LogP contribution in [0.15, 0.2) is 64.3 Å². The first-order valence-electron chi connectivity index (χ1n) is 9.73. The Balaban J connectivity index is 1.72. The van der Waals surface area contributed by atoms with E-state index in [2.05, 4.69) is 4.98 Å². The lowest BCUT2D eigenvalue weighted by molar-refractivity contribution is 0.0925. The van der Waals surface area contributed by atoms with E-state index in [1.807, 2.05) is 25.1 Å². The Morgan fingerprint density at radius 2 is 1.93 bits per heavy atom. The van der Waals surface area contributed by atoms with Crippen molar-refractivity contribution in [2.75, 3.05) is 13.2 Å². The number of hydrogen-bond donors (Lipinski definition) is 1. The molecule has 3 aromatic rings. The van der Waals surface area contributed by atoms with Crippen LogP contribution in [0.2, 0.25) is 0 Å². The number of rotatable bonds is 6. The molecule has 2 heterocycles. The van der Waals surface area contributed by atoms with Crippen LogP contribution in [0.3, 0.4) is 0 Å². The molecule has 1 aliphatic heterocycles. The Kier molecular flexibility index (Phi) is 5.54. The summed E-state index contributed by atoms with van der Waals surface area (Å²) in [7, 11) is -3.76. The highest BCUT2D eigenvalue weighted by Gasteiger charge is 2.29. The Hall–Kier alpha value is -2.48. The van der Waals surface area contributed by atoms with Gasteiger partial charge in [-0.2, -0.15) is 4.31 Å². The maximum absolute atomic E-state index is 13.3. The minimum atomic E-state index is -3.76. The van der Waals surface area contributed by atoms with Gasteiger partial charge in [0, 0.05) is 30.8 Å². The number of benzene rings is 2. The zero-order chi connectivity index (χ0) is 20.4. The highest BCUT2D eigenvalue weighted by atomic mass is 32.2. The number of nitrogens with one attached hydrogen (secondary N) is 1. The lowest BCUT2D eigenvalue weighted by Crippen LogP contribution is -2.38. The summed E-state index contributed by atoms with van der Waals surface area (Å²) in [4.78, 5) is 15.7. The number of fused-ring (bicyclic) bond motifs is 1. The van der Waals surface area contributed by atoms with Gasteiger partial charge >= 0.3 is 0 Å². The van der Waals surface area contributed by atoms with Gasteiger partial charge in [0.15, 0.2) is 0 Å². The van der Waals surface area contributed by atoms with Crippen LogP contribution >= 0.6 is 0 Å². The van der Waals surface area contributed by atoms with Gasteiger partial charge in [0.05, 0.1) is 11.0 Å². The SMILES string of the molecule is Cc1ccc2[nH]c(=O)c(CN(C[C@@H]3CCCO3)S(=O)(=O)c3ccccc3)cc2c1. The van der Waals surface area contributed by atoms with Gasteiger partial charge in [0.2, 0.25) is 10.0 Å². The van der Waals surface area contributed by atoms with Crippen molar-refractivity contribution in [2.45, 2.75) is 37.3 Å². The molecule has 6 nitrogen and oxygen atoms in total. The first-order chi connectivity index (χ1) is 13.9. The van der Waals surface area contributed by atoms with Gasteiger partial charge < -0.3 is 9.72 Å². The third kappa shape index (κ3) is 4.27. The molecule has 1 saturated heterocycles. The summed E-state index contributed by atoms with van der Waals surface area (Å²) < 4.78 is 33.7. The number of hydrogen-bond acceptors (Lipinski definition) is 4. The number of H-pyrrole nitrogens is 1. The maximum atomic E-state index is 13.3. The van der Waals surface area contributed by atoms with Crippen LogP contribution in [0.1, 0.15) is 24.0 Å². The summed E-state index contributed by atoms with van der Waals surface area (Å²) in [6.45, 7) is 2.84. The van der Waals surface area contributed by atoms with E-state index in [0.717, 1.165) is 29.3 Å². The van der Waals surface area contributed by atoms with Gasteiger partial charge in [0.25, 0.3) is 5.56 Å². The molecular weight excluding hydrogens is 388 g/mol. The molecule has 0 spiro atoms. The first kappa shape index (κ1) is 19.8. The zero-order valence-electron chi connectivity index (χ0n) is 16.3. The molecule has 0 amide bonds. The van der Waals surface area contributed by atoms with Crippen LogP contribution in [-0.4, -0.2) is 37.0 Å². The minimum Gasteiger partial charge on any atom is -0.377 e. The van der Waals surface area contributed by atoms with Gasteiger partial charge in [-0.1, -0.05) is 29.8 Å². The summed E-state index contributed by atoms with van der Waals surface area (Å²) in [6, 6.07) is 15.9. The monoisotopic (exact) mass is 412 g/mol. The van der Waals surface area contributed by atoms with E-state index in [0.29, 0.717) is 12.2 Å². The molecule has 4 rings (SSSR count). The third-order valence-electron chi connectivity index (χ3n) is 5.24. The second-order valence-corrected chi connectivity index (χ2v) is 9.40. The number of pyridine rings is 1. The van der Waals surface area contributed by atoms with Crippen molar-refractivity contribution >= 4 is 20.9 Å². The van der Waals surface area contributed by atoms with E-state index in [1.54, 1.807) is 36.4 Å². The van der Waals surface area contributed by atoms with E-state index in [9.17, 15) is 13.2 Å². The highest BCUT2D eigenvalue weighted by molar-refractivity contribution is 7.89. The number of aromatic nitrogens is 1. The lowest BCUT2D eigenvalue weighted by Gasteiger charge is -2.25. The summed E-state index contributed by atoms with van der Waals surface area (Å²) >= 11 is 0. The molecule has 1 atom stereocenters. The van der Waals surface area contributed by atoms with Crippen LogP contribution in [0.4, 0.5) is 0 Å². The highest BCUT2D eigenvalue weighted by Crippen LogP contribution is 2.22. The zero-order valence-corrected chi connectivity index (χ0v) is 17.1. The normalized spacial score (nSPS) is 17.2. The van der Waals surface area contributed by atoms with Crippen LogP contribution < -0.4 is 5.56 Å². The molecule has 0 unspecified atom stereocenters. The molecule has 1 aliphatic rings. The summed E-state index contributed by atoms with van der Waals surface area (Å²) in [6.07, 6.45) is 1.57. The van der Waals surface area contributed by atoms with Gasteiger partial charge in [-0.25, -0.2) is 8.42 Å². The second-order valence-electron chi connectivity index (χ2n) is 7.46. The third-order valence-corrected chi connectivity index (χ3v) is 7.06. The molecule has 2 aromatic carbocycles. The van der Waals surface area contributed by atoms with Crippen molar-refractivity contribution in [3.8, 4) is 0 Å². The molecule has 0 bridgehead atoms. The van der Waals surface area contributed by atoms with Crippen molar-refractivity contribution in [2.24, 2.45) is 0 Å². The Morgan fingerprint density at radius 1 is 1.14 bits per heavy atom. The van der Waals surface area contributed by atoms with Crippen molar-refractivity contribution in [1.29, 1.82) is 0 Å². The second kappa shape index (κ2) is 8.10. The number of sulfonamides is 1. The fraction of sp³-hybridized carbons (Fsp3) is 0.318. The largest absolute Gasteiger partial charge is 0.377 e. The fourth-order valence-corrected chi connectivity index (χ4v) is 5.15. The molecule has 152 valence electrons. The maximum Gasteiger partial charge on any atom is 0.252 e. The molecule has 0 saturated carbocycles. The molecular formula is C22H24N2O4S. The standard InChI is InChI=1S/C22H24N2O4S/c1-16-9-10-21-17(12-16)13-18(22(25)23-21)14-24(15-19-6-5-11-28-19)29(26,27)20-7-3-2-4-8-20/h2-4,7-10,12-13,19H,5-6,11,14-15H2,1H3,(H,23,25)/t19-/m0/s1. The summed E-state index contributed by atoms with van der Waals surface area (Å²) in [5, 5.41) is 0.883. The minimum absolute atomic E-state index is 0.00367. The smallest absolute Gasteiger partial charge is 0.252 e. The number of aryl methyl sites for hydroxylation is 1. The Bertz CT molecular complexity index is 1170. The fourth-order valence-electron chi connectivity index (χ4n) is 3.68. The summed E-state index contributed by atoms with van der Waals surface area (Å²) in [5.41, 5.74) is 1.95. The molecule has 29 heavy (non-hydrogen) atoms. The van der Waals surface area contributed by atoms with E-state index in [4.69, 9.17) is 4.74 Å². The topological polar surface area (TPSA) is 79.5 Å². The Morgan fingerprint density at radius 3 is 2.66 bits per heavy atom. The van der Waals surface area contributed by atoms with Crippen molar-refractivity contribution in [3.05, 3.63) is 76.1 Å². The lowest BCUT2D eigenvalue weighted by atomic mass is 10.1. The van der Waals surface area contributed by atoms with Crippen LogP contribution in [0.5, 0.6) is 0 Å². The molecule has 1 fully saturated rings. The van der Waals surface area contributed by atoms with Gasteiger partial charge in [-0.05, 0) is 55.5 Å².